The van der Waals surface area contributed by atoms with Crippen LogP contribution in [-0.4, -0.2) is 35.4 Å². The van der Waals surface area contributed by atoms with Gasteiger partial charge >= 0.3 is 0 Å². The van der Waals surface area contributed by atoms with Crippen molar-refractivity contribution < 1.29 is 14.3 Å². The summed E-state index contributed by atoms with van der Waals surface area (Å²) in [7, 11) is 0. The van der Waals surface area contributed by atoms with Gasteiger partial charge in [0.2, 0.25) is 11.8 Å². The van der Waals surface area contributed by atoms with Crippen LogP contribution in [0.1, 0.15) is 56.1 Å². The number of ether oxygens (including phenoxy) is 1. The molecule has 0 spiro atoms. The largest absolute Gasteiger partial charge is 0.494 e. The first-order chi connectivity index (χ1) is 18.6. The summed E-state index contributed by atoms with van der Waals surface area (Å²) in [5, 5.41) is 3.92. The highest BCUT2D eigenvalue weighted by atomic mass is 35.5. The number of carbonyl (C=O) groups is 2. The highest BCUT2D eigenvalue weighted by Gasteiger charge is 2.31. The van der Waals surface area contributed by atoms with E-state index in [0.717, 1.165) is 42.6 Å². The van der Waals surface area contributed by atoms with Crippen LogP contribution in [-0.2, 0) is 22.6 Å². The van der Waals surface area contributed by atoms with Gasteiger partial charge in [0.1, 0.15) is 11.8 Å². The van der Waals surface area contributed by atoms with Gasteiger partial charge in [-0.2, -0.15) is 0 Å². The van der Waals surface area contributed by atoms with Crippen LogP contribution in [0.2, 0.25) is 5.02 Å². The number of amides is 2. The van der Waals surface area contributed by atoms with Gasteiger partial charge in [-0.05, 0) is 54.7 Å². The fraction of sp³-hybridized carbons (Fsp3) is 0.375. The Labute approximate surface area is 231 Å². The molecule has 1 saturated carbocycles. The van der Waals surface area contributed by atoms with E-state index in [4.69, 9.17) is 16.3 Å². The Hall–Kier alpha value is -3.31. The molecule has 1 N–H and O–H groups in total. The van der Waals surface area contributed by atoms with Crippen LogP contribution in [0, 0.1) is 0 Å². The SMILES string of the molecule is O=C(NC1CCCCC1)[C@@H](Cc1ccccc1)N(Cc1ccc(Cl)cc1)C(=O)CCCOc1ccccc1. The van der Waals surface area contributed by atoms with Crippen LogP contribution in [0.5, 0.6) is 5.75 Å². The maximum Gasteiger partial charge on any atom is 0.243 e. The first-order valence-electron chi connectivity index (χ1n) is 13.6. The van der Waals surface area contributed by atoms with E-state index >= 15 is 0 Å². The Balaban J connectivity index is 1.52. The van der Waals surface area contributed by atoms with Gasteiger partial charge in [-0.15, -0.1) is 0 Å². The third kappa shape index (κ3) is 8.63. The Kier molecular flexibility index (Phi) is 10.6. The molecule has 4 rings (SSSR count). The molecule has 3 aromatic rings. The van der Waals surface area contributed by atoms with Crippen molar-refractivity contribution >= 4 is 23.4 Å². The minimum Gasteiger partial charge on any atom is -0.494 e. The molecule has 1 aliphatic rings. The minimum atomic E-state index is -0.613. The number of nitrogens with zero attached hydrogens (tertiary/aromatic N) is 1. The summed E-state index contributed by atoms with van der Waals surface area (Å²) in [6.45, 7) is 0.771. The Bertz CT molecular complexity index is 1130. The van der Waals surface area contributed by atoms with E-state index in [1.807, 2.05) is 84.9 Å². The average molecular weight is 533 g/mol. The molecule has 1 atom stereocenters. The van der Waals surface area contributed by atoms with Gasteiger partial charge in [0.15, 0.2) is 0 Å². The topological polar surface area (TPSA) is 58.6 Å². The van der Waals surface area contributed by atoms with E-state index in [1.165, 1.54) is 6.42 Å². The van der Waals surface area contributed by atoms with Gasteiger partial charge in [-0.3, -0.25) is 9.59 Å². The lowest BCUT2D eigenvalue weighted by Gasteiger charge is -2.33. The van der Waals surface area contributed by atoms with E-state index in [9.17, 15) is 9.59 Å². The number of para-hydroxylation sites is 1. The van der Waals surface area contributed by atoms with Gasteiger partial charge in [0.05, 0.1) is 6.61 Å². The Morgan fingerprint density at radius 1 is 0.868 bits per heavy atom. The standard InChI is InChI=1S/C32H37ClN2O3/c33-27-20-18-26(19-21-27)24-35(31(36)17-10-22-38-29-15-8-3-9-16-29)30(23-25-11-4-1-5-12-25)32(37)34-28-13-6-2-7-14-28/h1,3-5,8-9,11-12,15-16,18-21,28,30H,2,6-7,10,13-14,17,22-24H2,(H,34,37)/t30-/m1/s1. The van der Waals surface area contributed by atoms with Crippen molar-refractivity contribution in [2.24, 2.45) is 0 Å². The monoisotopic (exact) mass is 532 g/mol. The lowest BCUT2D eigenvalue weighted by Crippen LogP contribution is -2.52. The molecule has 1 aliphatic carbocycles. The molecule has 5 nitrogen and oxygen atoms in total. The van der Waals surface area contributed by atoms with Crippen molar-refractivity contribution in [2.75, 3.05) is 6.61 Å². The van der Waals surface area contributed by atoms with Crippen LogP contribution in [0.4, 0.5) is 0 Å². The minimum absolute atomic E-state index is 0.0589. The molecule has 0 radical (unpaired) electrons. The zero-order valence-electron chi connectivity index (χ0n) is 21.9. The zero-order valence-corrected chi connectivity index (χ0v) is 22.6. The molecule has 200 valence electrons. The lowest BCUT2D eigenvalue weighted by molar-refractivity contribution is -0.141. The number of benzene rings is 3. The molecular weight excluding hydrogens is 496 g/mol. The van der Waals surface area contributed by atoms with E-state index in [2.05, 4.69) is 5.32 Å². The Morgan fingerprint density at radius 3 is 2.21 bits per heavy atom. The van der Waals surface area contributed by atoms with E-state index in [-0.39, 0.29) is 17.9 Å². The first-order valence-corrected chi connectivity index (χ1v) is 14.0. The summed E-state index contributed by atoms with van der Waals surface area (Å²) in [6, 6.07) is 26.6. The molecule has 0 heterocycles. The van der Waals surface area contributed by atoms with Gasteiger partial charge in [-0.25, -0.2) is 0 Å². The quantitative estimate of drug-likeness (QED) is 0.268. The lowest BCUT2D eigenvalue weighted by atomic mass is 9.94. The highest BCUT2D eigenvalue weighted by Crippen LogP contribution is 2.21. The second-order valence-electron chi connectivity index (χ2n) is 9.96. The van der Waals surface area contributed by atoms with Gasteiger partial charge in [0, 0.05) is 30.5 Å². The third-order valence-corrected chi connectivity index (χ3v) is 7.29. The molecule has 2 amide bonds. The number of halogens is 1. The van der Waals surface area contributed by atoms with E-state index in [0.29, 0.717) is 37.4 Å². The number of rotatable bonds is 12. The van der Waals surface area contributed by atoms with Crippen LogP contribution >= 0.6 is 11.6 Å². The van der Waals surface area contributed by atoms with E-state index in [1.54, 1.807) is 4.90 Å². The van der Waals surface area contributed by atoms with Gasteiger partial charge < -0.3 is 15.0 Å². The zero-order chi connectivity index (χ0) is 26.6. The summed E-state index contributed by atoms with van der Waals surface area (Å²) in [4.78, 5) is 29.2. The van der Waals surface area contributed by atoms with Crippen LogP contribution in [0.25, 0.3) is 0 Å². The van der Waals surface area contributed by atoms with Gasteiger partial charge in [0.25, 0.3) is 0 Å². The molecule has 0 unspecified atom stereocenters. The normalized spacial score (nSPS) is 14.4. The molecule has 0 aromatic heterocycles. The third-order valence-electron chi connectivity index (χ3n) is 7.04. The van der Waals surface area contributed by atoms with Crippen molar-refractivity contribution in [3.63, 3.8) is 0 Å². The summed E-state index contributed by atoms with van der Waals surface area (Å²) in [6.07, 6.45) is 6.77. The van der Waals surface area contributed by atoms with Crippen molar-refractivity contribution in [2.45, 2.75) is 70.0 Å². The molecule has 3 aromatic carbocycles. The Morgan fingerprint density at radius 2 is 1.53 bits per heavy atom. The summed E-state index contributed by atoms with van der Waals surface area (Å²) in [5.74, 6) is 0.645. The maximum absolute atomic E-state index is 13.8. The molecule has 1 fully saturated rings. The second-order valence-corrected chi connectivity index (χ2v) is 10.4. The summed E-state index contributed by atoms with van der Waals surface area (Å²) >= 11 is 6.12. The summed E-state index contributed by atoms with van der Waals surface area (Å²) < 4.78 is 5.81. The molecule has 0 bridgehead atoms. The van der Waals surface area contributed by atoms with Crippen molar-refractivity contribution in [1.29, 1.82) is 0 Å². The predicted octanol–water partition coefficient (Wildman–Crippen LogP) is 6.59. The molecule has 0 saturated heterocycles. The number of carbonyl (C=O) groups excluding carboxylic acids is 2. The van der Waals surface area contributed by atoms with Crippen LogP contribution < -0.4 is 10.1 Å². The second kappa shape index (κ2) is 14.6. The van der Waals surface area contributed by atoms with Crippen LogP contribution in [0.15, 0.2) is 84.9 Å². The fourth-order valence-electron chi connectivity index (χ4n) is 4.96. The fourth-order valence-corrected chi connectivity index (χ4v) is 5.08. The maximum atomic E-state index is 13.8. The smallest absolute Gasteiger partial charge is 0.243 e. The highest BCUT2D eigenvalue weighted by molar-refractivity contribution is 6.30. The molecular formula is C32H37ClN2O3. The van der Waals surface area contributed by atoms with Crippen LogP contribution in [0.3, 0.4) is 0 Å². The van der Waals surface area contributed by atoms with Crippen molar-refractivity contribution in [3.05, 3.63) is 101 Å². The van der Waals surface area contributed by atoms with Crippen molar-refractivity contribution in [1.82, 2.24) is 10.2 Å². The number of hydrogen-bond donors (Lipinski definition) is 1. The predicted molar refractivity (Wildman–Crippen MR) is 152 cm³/mol. The van der Waals surface area contributed by atoms with Crippen molar-refractivity contribution in [3.8, 4) is 5.75 Å². The molecule has 0 aliphatic heterocycles. The average Bonchev–Trinajstić information content (AvgIpc) is 2.95. The number of hydrogen-bond acceptors (Lipinski definition) is 3. The summed E-state index contributed by atoms with van der Waals surface area (Å²) in [5.41, 5.74) is 1.96. The molecule has 38 heavy (non-hydrogen) atoms. The molecule has 6 heteroatoms. The number of nitrogens with one attached hydrogen (secondary N) is 1. The van der Waals surface area contributed by atoms with E-state index < -0.39 is 6.04 Å². The first kappa shape index (κ1) is 27.7. The van der Waals surface area contributed by atoms with Gasteiger partial charge in [-0.1, -0.05) is 91.5 Å².